The Labute approximate surface area is 212 Å². The lowest BCUT2D eigenvalue weighted by Crippen LogP contribution is -2.31. The third-order valence-corrected chi connectivity index (χ3v) is 8.15. The molecule has 9 heteroatoms. The molecular weight excluding hydrogens is 472 g/mol. The number of fused-ring (bicyclic) bond motifs is 2. The summed E-state index contributed by atoms with van der Waals surface area (Å²) in [5, 5.41) is 7.35. The molecule has 0 saturated heterocycles. The van der Waals surface area contributed by atoms with Crippen LogP contribution in [0.3, 0.4) is 0 Å². The van der Waals surface area contributed by atoms with Gasteiger partial charge in [0.05, 0.1) is 28.0 Å². The lowest BCUT2D eigenvalue weighted by molar-refractivity contribution is 0.257. The zero-order chi connectivity index (χ0) is 24.8. The summed E-state index contributed by atoms with van der Waals surface area (Å²) < 4.78 is 17.5. The lowest BCUT2D eigenvalue weighted by atomic mass is 9.93. The van der Waals surface area contributed by atoms with Crippen LogP contribution in [0, 0.1) is 6.92 Å². The van der Waals surface area contributed by atoms with Crippen molar-refractivity contribution in [1.82, 2.24) is 19.3 Å². The van der Waals surface area contributed by atoms with Crippen molar-refractivity contribution in [1.29, 1.82) is 0 Å². The van der Waals surface area contributed by atoms with Gasteiger partial charge in [-0.05, 0) is 85.5 Å². The molecule has 0 radical (unpaired) electrons. The average Bonchev–Trinajstić information content (AvgIpc) is 3.43. The number of urea groups is 1. The van der Waals surface area contributed by atoms with Gasteiger partial charge in [-0.3, -0.25) is 9.71 Å². The number of hydrogen-bond acceptors (Lipinski definition) is 5. The molecule has 2 aliphatic rings. The molecule has 1 saturated carbocycles. The van der Waals surface area contributed by atoms with Crippen molar-refractivity contribution in [2.24, 2.45) is 0 Å². The maximum Gasteiger partial charge on any atom is 0.331 e. The van der Waals surface area contributed by atoms with Gasteiger partial charge in [-0.15, -0.1) is 0 Å². The highest BCUT2D eigenvalue weighted by Gasteiger charge is 2.27. The summed E-state index contributed by atoms with van der Waals surface area (Å²) in [5.74, 6) is 0. The van der Waals surface area contributed by atoms with Gasteiger partial charge in [-0.2, -0.15) is 5.10 Å². The molecule has 0 bridgehead atoms. The van der Waals surface area contributed by atoms with Gasteiger partial charge in [0.15, 0.2) is 11.0 Å². The first-order valence-corrected chi connectivity index (χ1v) is 13.4. The fourth-order valence-corrected chi connectivity index (χ4v) is 5.86. The summed E-state index contributed by atoms with van der Waals surface area (Å²) in [6, 6.07) is 10.1. The lowest BCUT2D eigenvalue weighted by Gasteiger charge is -2.20. The number of hydrogen-bond donors (Lipinski definition) is 2. The Hall–Kier alpha value is -3.72. The highest BCUT2D eigenvalue weighted by Crippen LogP contribution is 2.40. The summed E-state index contributed by atoms with van der Waals surface area (Å²) in [6.07, 6.45) is 12.2. The Bertz CT molecular complexity index is 1510. The molecule has 8 nitrogen and oxygen atoms in total. The number of benzene rings is 1. The Morgan fingerprint density at radius 1 is 1.17 bits per heavy atom. The van der Waals surface area contributed by atoms with Crippen molar-refractivity contribution in [3.63, 3.8) is 0 Å². The first-order valence-electron chi connectivity index (χ1n) is 12.2. The van der Waals surface area contributed by atoms with Crippen molar-refractivity contribution in [2.45, 2.75) is 50.0 Å². The van der Waals surface area contributed by atoms with Crippen LogP contribution in [0.25, 0.3) is 16.6 Å². The molecule has 2 aliphatic carbocycles. The van der Waals surface area contributed by atoms with E-state index in [1.165, 1.54) is 11.8 Å². The molecule has 3 heterocycles. The number of rotatable bonds is 6. The molecule has 36 heavy (non-hydrogen) atoms. The number of nitrogens with zero attached hydrogens (tertiary/aromatic N) is 4. The Kier molecular flexibility index (Phi) is 5.72. The SMILES string of the molecule is Cc1cc2c(c(NC(=O)NS(=O)c3cncc(N(C)C4CC4)c3)c1-c1ccn3nccc3c1)CCC2. The minimum Gasteiger partial charge on any atom is -0.370 e. The van der Waals surface area contributed by atoms with Crippen LogP contribution in [-0.4, -0.2) is 37.9 Å². The smallest absolute Gasteiger partial charge is 0.331 e. The Balaban J connectivity index is 1.29. The molecule has 0 spiro atoms. The topological polar surface area (TPSA) is 91.6 Å². The van der Waals surface area contributed by atoms with Crippen molar-refractivity contribution in [2.75, 3.05) is 17.3 Å². The van der Waals surface area contributed by atoms with Crippen molar-refractivity contribution < 1.29 is 9.00 Å². The molecule has 1 fully saturated rings. The van der Waals surface area contributed by atoms with E-state index < -0.39 is 17.0 Å². The number of nitrogens with one attached hydrogen (secondary N) is 2. The number of aryl methyl sites for hydroxylation is 2. The minimum absolute atomic E-state index is 0.469. The van der Waals surface area contributed by atoms with E-state index in [9.17, 15) is 9.00 Å². The monoisotopic (exact) mass is 500 g/mol. The Morgan fingerprint density at radius 3 is 2.86 bits per heavy atom. The van der Waals surface area contributed by atoms with E-state index >= 15 is 0 Å². The van der Waals surface area contributed by atoms with Crippen molar-refractivity contribution in [3.8, 4) is 11.1 Å². The van der Waals surface area contributed by atoms with Crippen molar-refractivity contribution in [3.05, 3.63) is 71.8 Å². The van der Waals surface area contributed by atoms with E-state index in [1.807, 2.05) is 36.0 Å². The van der Waals surface area contributed by atoms with Gasteiger partial charge in [0.25, 0.3) is 0 Å². The highest BCUT2D eigenvalue weighted by atomic mass is 32.2. The summed E-state index contributed by atoms with van der Waals surface area (Å²) in [6.45, 7) is 2.07. The van der Waals surface area contributed by atoms with E-state index in [1.54, 1.807) is 12.4 Å². The number of carbonyl (C=O) groups excluding carboxylic acids is 1. The fourth-order valence-electron chi connectivity index (χ4n) is 5.14. The number of anilines is 2. The van der Waals surface area contributed by atoms with Gasteiger partial charge in [0.2, 0.25) is 0 Å². The van der Waals surface area contributed by atoms with Gasteiger partial charge < -0.3 is 10.2 Å². The van der Waals surface area contributed by atoms with Crippen LogP contribution >= 0.6 is 0 Å². The number of pyridine rings is 2. The van der Waals surface area contributed by atoms with Gasteiger partial charge in [0.1, 0.15) is 0 Å². The molecule has 2 N–H and O–H groups in total. The first-order chi connectivity index (χ1) is 17.5. The second-order valence-electron chi connectivity index (χ2n) is 9.60. The molecular formula is C27H28N6O2S. The van der Waals surface area contributed by atoms with Crippen LogP contribution in [0.2, 0.25) is 0 Å². The van der Waals surface area contributed by atoms with E-state index in [0.29, 0.717) is 10.9 Å². The normalized spacial score (nSPS) is 15.5. The average molecular weight is 501 g/mol. The molecule has 1 aromatic carbocycles. The number of amides is 2. The molecule has 1 unspecified atom stereocenters. The second kappa shape index (κ2) is 9.05. The molecule has 3 aromatic heterocycles. The summed E-state index contributed by atoms with van der Waals surface area (Å²) in [5.41, 5.74) is 8.17. The summed E-state index contributed by atoms with van der Waals surface area (Å²) in [4.78, 5) is 20.0. The fraction of sp³-hybridized carbons (Fsp3) is 0.296. The number of aromatic nitrogens is 3. The van der Waals surface area contributed by atoms with Crippen LogP contribution in [-0.2, 0) is 23.8 Å². The van der Waals surface area contributed by atoms with E-state index in [4.69, 9.17) is 0 Å². The van der Waals surface area contributed by atoms with Gasteiger partial charge in [-0.1, -0.05) is 6.07 Å². The third-order valence-electron chi connectivity index (χ3n) is 7.12. The number of carbonyl (C=O) groups is 1. The van der Waals surface area contributed by atoms with E-state index in [2.05, 4.69) is 44.1 Å². The quantitative estimate of drug-likeness (QED) is 0.403. The Morgan fingerprint density at radius 2 is 2.03 bits per heavy atom. The molecule has 6 rings (SSSR count). The van der Waals surface area contributed by atoms with Crippen molar-refractivity contribution >= 4 is 33.9 Å². The van der Waals surface area contributed by atoms with Crippen LogP contribution < -0.4 is 14.9 Å². The first kappa shape index (κ1) is 22.7. The van der Waals surface area contributed by atoms with Crippen LogP contribution in [0.4, 0.5) is 16.2 Å². The molecule has 184 valence electrons. The zero-order valence-corrected chi connectivity index (χ0v) is 21.1. The van der Waals surface area contributed by atoms with Gasteiger partial charge in [-0.25, -0.2) is 13.5 Å². The predicted octanol–water partition coefficient (Wildman–Crippen LogP) is 4.64. The maximum absolute atomic E-state index is 13.1. The maximum atomic E-state index is 13.1. The molecule has 0 aliphatic heterocycles. The highest BCUT2D eigenvalue weighted by molar-refractivity contribution is 7.83. The summed E-state index contributed by atoms with van der Waals surface area (Å²) in [7, 11) is 0.279. The van der Waals surface area contributed by atoms with Crippen LogP contribution in [0.5, 0.6) is 0 Å². The third kappa shape index (κ3) is 4.24. The molecule has 1 atom stereocenters. The minimum atomic E-state index is -1.74. The van der Waals surface area contributed by atoms with E-state index in [-0.39, 0.29) is 0 Å². The van der Waals surface area contributed by atoms with Gasteiger partial charge in [0, 0.05) is 37.2 Å². The van der Waals surface area contributed by atoms with Gasteiger partial charge >= 0.3 is 6.03 Å². The molecule has 4 aromatic rings. The second-order valence-corrected chi connectivity index (χ2v) is 10.8. The largest absolute Gasteiger partial charge is 0.370 e. The van der Waals surface area contributed by atoms with E-state index in [0.717, 1.165) is 71.2 Å². The molecule has 2 amide bonds. The van der Waals surface area contributed by atoms with Crippen LogP contribution in [0.1, 0.15) is 36.0 Å². The van der Waals surface area contributed by atoms with Crippen LogP contribution in [0.15, 0.2) is 60.0 Å². The summed E-state index contributed by atoms with van der Waals surface area (Å²) >= 11 is 0. The predicted molar refractivity (Wildman–Crippen MR) is 142 cm³/mol. The zero-order valence-electron chi connectivity index (χ0n) is 20.3. The standard InChI is InChI=1S/C27H28N6O2S/c1-17-12-18-4-3-5-24(18)26(25(17)19-9-11-33-21(13-19)8-10-29-33)30-27(34)31-36(35)23-14-22(15-28-16-23)32(2)20-6-7-20/h8-16,20H,3-7H2,1-2H3,(H2,30,31,34).